The van der Waals surface area contributed by atoms with Crippen molar-refractivity contribution in [2.75, 3.05) is 0 Å². The number of hydrogen-bond acceptors (Lipinski definition) is 1. The monoisotopic (exact) mass is 218 g/mol. The highest BCUT2D eigenvalue weighted by atomic mass is 16.1. The van der Waals surface area contributed by atoms with Gasteiger partial charge in [0, 0.05) is 6.42 Å². The molecule has 0 fully saturated rings. The van der Waals surface area contributed by atoms with E-state index in [4.69, 9.17) is 0 Å². The lowest BCUT2D eigenvalue weighted by Crippen LogP contribution is -2.33. The van der Waals surface area contributed by atoms with Crippen LogP contribution in [0.25, 0.3) is 0 Å². The Morgan fingerprint density at radius 3 is 2.69 bits per heavy atom. The van der Waals surface area contributed by atoms with Crippen LogP contribution in [0.1, 0.15) is 58.3 Å². The molecule has 2 aliphatic rings. The Hall–Kier alpha value is -0.850. The minimum Gasteiger partial charge on any atom is -0.299 e. The number of hydrogen-bond donors (Lipinski definition) is 0. The smallest absolute Gasteiger partial charge is 0.143 e. The predicted octanol–water partition coefficient (Wildman–Crippen LogP) is 4.19. The van der Waals surface area contributed by atoms with E-state index >= 15 is 0 Å². The van der Waals surface area contributed by atoms with E-state index in [9.17, 15) is 4.79 Å². The topological polar surface area (TPSA) is 17.1 Å². The summed E-state index contributed by atoms with van der Waals surface area (Å²) in [5.74, 6) is 0.438. The van der Waals surface area contributed by atoms with Crippen molar-refractivity contribution < 1.29 is 4.79 Å². The minimum absolute atomic E-state index is 0.209. The largest absolute Gasteiger partial charge is 0.299 e. The molecule has 1 atom stereocenters. The van der Waals surface area contributed by atoms with Crippen LogP contribution >= 0.6 is 0 Å². The fraction of sp³-hybridized carbons (Fsp3) is 0.667. The number of allylic oxidation sites excluding steroid dienone is 3. The molecule has 2 rings (SSSR count). The second-order valence-electron chi connectivity index (χ2n) is 5.39. The third-order valence-electron chi connectivity index (χ3n) is 4.32. The molecular weight excluding hydrogens is 196 g/mol. The third-order valence-corrected chi connectivity index (χ3v) is 4.32. The molecule has 2 aliphatic carbocycles. The molecule has 1 heteroatoms. The van der Waals surface area contributed by atoms with Gasteiger partial charge in [-0.25, -0.2) is 0 Å². The molecule has 1 nitrogen and oxygen atoms in total. The summed E-state index contributed by atoms with van der Waals surface area (Å²) < 4.78 is 0. The lowest BCUT2D eigenvalue weighted by molar-refractivity contribution is -0.126. The van der Waals surface area contributed by atoms with E-state index in [0.717, 1.165) is 25.7 Å². The highest BCUT2D eigenvalue weighted by Gasteiger charge is 2.39. The van der Waals surface area contributed by atoms with Crippen molar-refractivity contribution >= 4 is 5.78 Å². The van der Waals surface area contributed by atoms with Crippen molar-refractivity contribution in [1.29, 1.82) is 0 Å². The Labute approximate surface area is 98.6 Å². The first kappa shape index (κ1) is 11.6. The van der Waals surface area contributed by atoms with Gasteiger partial charge >= 0.3 is 0 Å². The van der Waals surface area contributed by atoms with Gasteiger partial charge in [-0.2, -0.15) is 0 Å². The summed E-state index contributed by atoms with van der Waals surface area (Å²) in [5.41, 5.74) is 2.86. The van der Waals surface area contributed by atoms with Gasteiger partial charge in [-0.1, -0.05) is 23.6 Å². The van der Waals surface area contributed by atoms with Crippen molar-refractivity contribution in [1.82, 2.24) is 0 Å². The van der Waals surface area contributed by atoms with Crippen LogP contribution in [0, 0.1) is 5.41 Å². The average Bonchev–Trinajstić information content (AvgIpc) is 2.50. The third kappa shape index (κ3) is 1.88. The molecule has 0 spiro atoms. The standard InChI is InChI=1S/C15H22O/c1-3-11-15(2)13-8-6-4-5-7-12(13)9-10-14(15)16/h3H,1,4-11H2,2H3. The van der Waals surface area contributed by atoms with Gasteiger partial charge in [-0.3, -0.25) is 4.79 Å². The van der Waals surface area contributed by atoms with Gasteiger partial charge in [-0.05, 0) is 45.4 Å². The molecule has 0 N–H and O–H groups in total. The molecule has 0 aromatic rings. The van der Waals surface area contributed by atoms with E-state index in [-0.39, 0.29) is 5.41 Å². The van der Waals surface area contributed by atoms with Gasteiger partial charge in [-0.15, -0.1) is 6.58 Å². The maximum absolute atomic E-state index is 12.2. The molecule has 88 valence electrons. The summed E-state index contributed by atoms with van der Waals surface area (Å²) in [7, 11) is 0. The van der Waals surface area contributed by atoms with Crippen LogP contribution in [0.5, 0.6) is 0 Å². The van der Waals surface area contributed by atoms with Crippen LogP contribution in [-0.2, 0) is 4.79 Å². The Bertz CT molecular complexity index is 337. The van der Waals surface area contributed by atoms with Gasteiger partial charge in [0.2, 0.25) is 0 Å². The zero-order valence-corrected chi connectivity index (χ0v) is 10.3. The molecule has 0 bridgehead atoms. The number of rotatable bonds is 2. The van der Waals surface area contributed by atoms with Crippen molar-refractivity contribution in [3.8, 4) is 0 Å². The van der Waals surface area contributed by atoms with E-state index in [1.165, 1.54) is 31.3 Å². The fourth-order valence-corrected chi connectivity index (χ4v) is 3.32. The van der Waals surface area contributed by atoms with Crippen LogP contribution in [0.2, 0.25) is 0 Å². The van der Waals surface area contributed by atoms with Crippen LogP contribution < -0.4 is 0 Å². The Balaban J connectivity index is 2.38. The van der Waals surface area contributed by atoms with Gasteiger partial charge in [0.25, 0.3) is 0 Å². The van der Waals surface area contributed by atoms with Gasteiger partial charge < -0.3 is 0 Å². The summed E-state index contributed by atoms with van der Waals surface area (Å²) >= 11 is 0. The SMILES string of the molecule is C=CCC1(C)C(=O)CCC2=C1CCCCC2. The quantitative estimate of drug-likeness (QED) is 0.635. The van der Waals surface area contributed by atoms with Crippen LogP contribution in [0.4, 0.5) is 0 Å². The van der Waals surface area contributed by atoms with Crippen molar-refractivity contribution in [3.05, 3.63) is 23.8 Å². The predicted molar refractivity (Wildman–Crippen MR) is 67.3 cm³/mol. The number of ketones is 1. The molecule has 0 aromatic carbocycles. The molecule has 1 unspecified atom stereocenters. The van der Waals surface area contributed by atoms with E-state index in [2.05, 4.69) is 13.5 Å². The Morgan fingerprint density at radius 2 is 1.94 bits per heavy atom. The normalized spacial score (nSPS) is 30.9. The van der Waals surface area contributed by atoms with Crippen molar-refractivity contribution in [2.45, 2.75) is 58.3 Å². The maximum Gasteiger partial charge on any atom is 0.143 e. The lowest BCUT2D eigenvalue weighted by atomic mass is 9.67. The highest BCUT2D eigenvalue weighted by Crippen LogP contribution is 2.46. The van der Waals surface area contributed by atoms with Gasteiger partial charge in [0.1, 0.15) is 5.78 Å². The van der Waals surface area contributed by atoms with Gasteiger partial charge in [0.15, 0.2) is 0 Å². The minimum atomic E-state index is -0.209. The van der Waals surface area contributed by atoms with Crippen LogP contribution in [-0.4, -0.2) is 5.78 Å². The molecule has 0 saturated carbocycles. The molecule has 0 aliphatic heterocycles. The zero-order valence-electron chi connectivity index (χ0n) is 10.3. The van der Waals surface area contributed by atoms with Gasteiger partial charge in [0.05, 0.1) is 5.41 Å². The number of Topliss-reactive ketones (excluding diaryl/α,β-unsaturated/α-hetero) is 1. The Kier molecular flexibility index (Phi) is 3.32. The summed E-state index contributed by atoms with van der Waals surface area (Å²) in [5, 5.41) is 0. The first-order valence-corrected chi connectivity index (χ1v) is 6.54. The lowest BCUT2D eigenvalue weighted by Gasteiger charge is -2.36. The Morgan fingerprint density at radius 1 is 1.19 bits per heavy atom. The molecule has 0 heterocycles. The molecule has 16 heavy (non-hydrogen) atoms. The van der Waals surface area contributed by atoms with Crippen LogP contribution in [0.3, 0.4) is 0 Å². The molecular formula is C15H22O. The fourth-order valence-electron chi connectivity index (χ4n) is 3.32. The number of carbonyl (C=O) groups excluding carboxylic acids is 1. The van der Waals surface area contributed by atoms with E-state index in [1.807, 2.05) is 6.08 Å². The van der Waals surface area contributed by atoms with Crippen molar-refractivity contribution in [2.24, 2.45) is 5.41 Å². The second-order valence-corrected chi connectivity index (χ2v) is 5.39. The van der Waals surface area contributed by atoms with E-state index < -0.39 is 0 Å². The molecule has 0 saturated heterocycles. The second kappa shape index (κ2) is 4.57. The molecule has 0 amide bonds. The average molecular weight is 218 g/mol. The van der Waals surface area contributed by atoms with Crippen LogP contribution in [0.15, 0.2) is 23.8 Å². The summed E-state index contributed by atoms with van der Waals surface area (Å²) in [4.78, 5) is 12.2. The molecule has 0 radical (unpaired) electrons. The first-order chi connectivity index (χ1) is 7.68. The van der Waals surface area contributed by atoms with E-state index in [0.29, 0.717) is 5.78 Å². The zero-order chi connectivity index (χ0) is 11.6. The van der Waals surface area contributed by atoms with E-state index in [1.54, 1.807) is 5.57 Å². The summed E-state index contributed by atoms with van der Waals surface area (Å²) in [6, 6.07) is 0. The van der Waals surface area contributed by atoms with Crippen molar-refractivity contribution in [3.63, 3.8) is 0 Å². The summed E-state index contributed by atoms with van der Waals surface area (Å²) in [6.45, 7) is 5.96. The highest BCUT2D eigenvalue weighted by molar-refractivity contribution is 5.89. The number of carbonyl (C=O) groups is 1. The first-order valence-electron chi connectivity index (χ1n) is 6.54. The summed E-state index contributed by atoms with van der Waals surface area (Å²) in [6.07, 6.45) is 10.8. The maximum atomic E-state index is 12.2. The molecule has 0 aromatic heterocycles.